The summed E-state index contributed by atoms with van der Waals surface area (Å²) in [5.74, 6) is 0. The fourth-order valence-corrected chi connectivity index (χ4v) is 2.16. The predicted molar refractivity (Wildman–Crippen MR) is 60.7 cm³/mol. The number of carbonyl (C=O) groups is 2. The average molecular weight is 241 g/mol. The molecule has 0 aromatic rings. The van der Waals surface area contributed by atoms with Gasteiger partial charge in [-0.2, -0.15) is 0 Å². The molecule has 2 rings (SSSR count). The Morgan fingerprint density at radius 1 is 1.47 bits per heavy atom. The van der Waals surface area contributed by atoms with Crippen molar-refractivity contribution in [3.63, 3.8) is 0 Å². The van der Waals surface area contributed by atoms with Gasteiger partial charge in [0.15, 0.2) is 0 Å². The number of aldehydes is 1. The first-order valence-electron chi connectivity index (χ1n) is 5.99. The molecule has 2 fully saturated rings. The Kier molecular flexibility index (Phi) is 3.12. The van der Waals surface area contributed by atoms with Gasteiger partial charge in [0.25, 0.3) is 0 Å². The van der Waals surface area contributed by atoms with Gasteiger partial charge in [0.05, 0.1) is 12.6 Å². The van der Waals surface area contributed by atoms with Crippen molar-refractivity contribution >= 4 is 12.4 Å². The van der Waals surface area contributed by atoms with Crippen molar-refractivity contribution in [1.29, 1.82) is 0 Å². The van der Waals surface area contributed by atoms with Crippen LogP contribution in [0, 0.1) is 0 Å². The smallest absolute Gasteiger partial charge is 0.410 e. The zero-order valence-corrected chi connectivity index (χ0v) is 10.5. The van der Waals surface area contributed by atoms with Crippen molar-refractivity contribution in [2.24, 2.45) is 0 Å². The summed E-state index contributed by atoms with van der Waals surface area (Å²) >= 11 is 0. The number of nitrogens with zero attached hydrogens (tertiary/aromatic N) is 1. The number of hydrogen-bond donors (Lipinski definition) is 0. The third-order valence-corrected chi connectivity index (χ3v) is 3.01. The Morgan fingerprint density at radius 2 is 2.18 bits per heavy atom. The molecule has 2 aliphatic rings. The molecule has 0 radical (unpaired) electrons. The second-order valence-corrected chi connectivity index (χ2v) is 5.64. The molecule has 0 aromatic carbocycles. The second-order valence-electron chi connectivity index (χ2n) is 5.64. The molecular weight excluding hydrogens is 222 g/mol. The largest absolute Gasteiger partial charge is 0.444 e. The Morgan fingerprint density at radius 3 is 2.76 bits per heavy atom. The molecule has 1 amide bonds. The highest BCUT2D eigenvalue weighted by Gasteiger charge is 2.49. The van der Waals surface area contributed by atoms with Gasteiger partial charge < -0.3 is 19.2 Å². The van der Waals surface area contributed by atoms with E-state index in [2.05, 4.69) is 0 Å². The van der Waals surface area contributed by atoms with Crippen LogP contribution in [0.3, 0.4) is 0 Å². The molecule has 3 unspecified atom stereocenters. The summed E-state index contributed by atoms with van der Waals surface area (Å²) in [5.41, 5.74) is -0.510. The van der Waals surface area contributed by atoms with Crippen LogP contribution in [0.1, 0.15) is 33.6 Å². The number of fused-ring (bicyclic) bond motifs is 1. The fraction of sp³-hybridized carbons (Fsp3) is 0.833. The van der Waals surface area contributed by atoms with Crippen LogP contribution in [-0.2, 0) is 14.3 Å². The summed E-state index contributed by atoms with van der Waals surface area (Å²) in [4.78, 5) is 24.3. The Balaban J connectivity index is 2.00. The van der Waals surface area contributed by atoms with Crippen LogP contribution in [0.25, 0.3) is 0 Å². The number of epoxide rings is 1. The van der Waals surface area contributed by atoms with Crippen LogP contribution < -0.4 is 0 Å². The van der Waals surface area contributed by atoms with E-state index >= 15 is 0 Å². The highest BCUT2D eigenvalue weighted by Crippen LogP contribution is 2.35. The number of likely N-dealkylation sites (tertiary alicyclic amines) is 1. The van der Waals surface area contributed by atoms with E-state index in [0.717, 1.165) is 12.7 Å². The fourth-order valence-electron chi connectivity index (χ4n) is 2.16. The number of ether oxygens (including phenoxy) is 2. The van der Waals surface area contributed by atoms with Crippen molar-refractivity contribution < 1.29 is 19.1 Å². The van der Waals surface area contributed by atoms with Crippen LogP contribution in [0.4, 0.5) is 4.79 Å². The quantitative estimate of drug-likeness (QED) is 0.541. The van der Waals surface area contributed by atoms with E-state index in [9.17, 15) is 9.59 Å². The maximum Gasteiger partial charge on any atom is 0.410 e. The van der Waals surface area contributed by atoms with Gasteiger partial charge in [0, 0.05) is 12.5 Å². The molecule has 17 heavy (non-hydrogen) atoms. The van der Waals surface area contributed by atoms with Gasteiger partial charge in [-0.05, 0) is 27.2 Å². The van der Waals surface area contributed by atoms with E-state index in [-0.39, 0.29) is 24.3 Å². The summed E-state index contributed by atoms with van der Waals surface area (Å²) in [6, 6.07) is -0.0777. The predicted octanol–water partition coefficient (Wildman–Crippen LogP) is 1.35. The van der Waals surface area contributed by atoms with Crippen LogP contribution >= 0.6 is 0 Å². The Labute approximate surface area is 101 Å². The lowest BCUT2D eigenvalue weighted by molar-refractivity contribution is -0.109. The normalized spacial score (nSPS) is 31.7. The highest BCUT2D eigenvalue weighted by molar-refractivity contribution is 5.69. The lowest BCUT2D eigenvalue weighted by Gasteiger charge is -2.34. The monoisotopic (exact) mass is 241 g/mol. The summed E-state index contributed by atoms with van der Waals surface area (Å²) in [6.45, 7) is 6.04. The van der Waals surface area contributed by atoms with E-state index in [1.807, 2.05) is 20.8 Å². The molecule has 0 saturated carbocycles. The maximum atomic E-state index is 12.0. The van der Waals surface area contributed by atoms with Gasteiger partial charge in [0.2, 0.25) is 0 Å². The molecule has 3 atom stereocenters. The summed E-state index contributed by atoms with van der Waals surface area (Å²) in [5, 5.41) is 0. The average Bonchev–Trinajstić information content (AvgIpc) is 2.92. The Bertz CT molecular complexity index is 323. The zero-order valence-electron chi connectivity index (χ0n) is 10.5. The second kappa shape index (κ2) is 4.29. The lowest BCUT2D eigenvalue weighted by atomic mass is 10.0. The van der Waals surface area contributed by atoms with E-state index < -0.39 is 5.60 Å². The first-order valence-corrected chi connectivity index (χ1v) is 5.99. The van der Waals surface area contributed by atoms with Gasteiger partial charge in [0.1, 0.15) is 18.0 Å². The minimum Gasteiger partial charge on any atom is -0.444 e. The van der Waals surface area contributed by atoms with Crippen molar-refractivity contribution in [3.8, 4) is 0 Å². The maximum absolute atomic E-state index is 12.0. The number of amides is 1. The minimum atomic E-state index is -0.510. The minimum absolute atomic E-state index is 0.0777. The first-order chi connectivity index (χ1) is 7.90. The van der Waals surface area contributed by atoms with Crippen molar-refractivity contribution in [2.75, 3.05) is 6.54 Å². The lowest BCUT2D eigenvalue weighted by Crippen LogP contribution is -2.48. The molecule has 2 aliphatic heterocycles. The van der Waals surface area contributed by atoms with Gasteiger partial charge in [-0.1, -0.05) is 0 Å². The summed E-state index contributed by atoms with van der Waals surface area (Å²) in [6.07, 6.45) is 1.97. The van der Waals surface area contributed by atoms with Crippen molar-refractivity contribution in [3.05, 3.63) is 0 Å². The molecule has 2 saturated heterocycles. The van der Waals surface area contributed by atoms with Crippen LogP contribution in [-0.4, -0.2) is 47.7 Å². The number of carbonyl (C=O) groups excluding carboxylic acids is 2. The van der Waals surface area contributed by atoms with E-state index in [4.69, 9.17) is 9.47 Å². The molecule has 0 N–H and O–H groups in total. The number of piperidine rings is 1. The van der Waals surface area contributed by atoms with Gasteiger partial charge in [-0.15, -0.1) is 0 Å². The van der Waals surface area contributed by atoms with Crippen LogP contribution in [0.5, 0.6) is 0 Å². The van der Waals surface area contributed by atoms with E-state index in [0.29, 0.717) is 13.0 Å². The molecular formula is C12H19NO4. The van der Waals surface area contributed by atoms with E-state index in [1.165, 1.54) is 0 Å². The number of hydrogen-bond acceptors (Lipinski definition) is 4. The summed E-state index contributed by atoms with van der Waals surface area (Å²) in [7, 11) is 0. The molecule has 96 valence electrons. The van der Waals surface area contributed by atoms with Crippen molar-refractivity contribution in [2.45, 2.75) is 57.5 Å². The van der Waals surface area contributed by atoms with Crippen LogP contribution in [0.2, 0.25) is 0 Å². The van der Waals surface area contributed by atoms with Gasteiger partial charge in [-0.3, -0.25) is 0 Å². The molecule has 2 heterocycles. The molecule has 0 spiro atoms. The number of rotatable bonds is 2. The molecule has 5 heteroatoms. The third-order valence-electron chi connectivity index (χ3n) is 3.01. The molecule has 5 nitrogen and oxygen atoms in total. The Hall–Kier alpha value is -1.10. The zero-order chi connectivity index (χ0) is 12.6. The topological polar surface area (TPSA) is 59.1 Å². The van der Waals surface area contributed by atoms with Crippen LogP contribution in [0.15, 0.2) is 0 Å². The SMILES string of the molecule is CC(C)(C)OC(=O)N1CC2OC2CC1CC=O. The summed E-state index contributed by atoms with van der Waals surface area (Å²) < 4.78 is 10.7. The first kappa shape index (κ1) is 12.4. The van der Waals surface area contributed by atoms with Gasteiger partial charge >= 0.3 is 6.09 Å². The highest BCUT2D eigenvalue weighted by atomic mass is 16.6. The standard InChI is InChI=1S/C12H19NO4/c1-12(2,3)17-11(15)13-7-10-9(16-10)6-8(13)4-5-14/h5,8-10H,4,6-7H2,1-3H3. The van der Waals surface area contributed by atoms with Crippen molar-refractivity contribution in [1.82, 2.24) is 4.90 Å². The molecule has 0 aliphatic carbocycles. The van der Waals surface area contributed by atoms with E-state index in [1.54, 1.807) is 4.90 Å². The third kappa shape index (κ3) is 2.97. The molecule has 0 aromatic heterocycles. The van der Waals surface area contributed by atoms with Gasteiger partial charge in [-0.25, -0.2) is 4.79 Å². The molecule has 0 bridgehead atoms.